The Morgan fingerprint density at radius 1 is 1.44 bits per heavy atom. The first-order chi connectivity index (χ1) is 8.77. The molecule has 0 heteroatoms. The van der Waals surface area contributed by atoms with Gasteiger partial charge in [-0.2, -0.15) is 0 Å². The Bertz CT molecular complexity index is 363. The Hall–Kier alpha value is -1.30. The third-order valence-corrected chi connectivity index (χ3v) is 3.54. The van der Waals surface area contributed by atoms with E-state index in [2.05, 4.69) is 50.8 Å². The molecule has 0 spiro atoms. The molecule has 0 N–H and O–H groups in total. The van der Waals surface area contributed by atoms with Gasteiger partial charge >= 0.3 is 0 Å². The predicted octanol–water partition coefficient (Wildman–Crippen LogP) is 5.76. The van der Waals surface area contributed by atoms with Gasteiger partial charge in [-0.15, -0.1) is 0 Å². The Balaban J connectivity index is 2.53. The molecule has 1 aliphatic rings. The van der Waals surface area contributed by atoms with Crippen LogP contribution in [-0.4, -0.2) is 0 Å². The molecular formula is C18H26. The second kappa shape index (κ2) is 8.74. The van der Waals surface area contributed by atoms with Gasteiger partial charge in [-0.05, 0) is 44.9 Å². The first-order valence-corrected chi connectivity index (χ1v) is 7.07. The molecule has 0 nitrogen and oxygen atoms in total. The number of hydrogen-bond acceptors (Lipinski definition) is 0. The molecule has 0 saturated heterocycles. The smallest absolute Gasteiger partial charge is 0.0163 e. The number of hydrogen-bond donors (Lipinski definition) is 0. The molecule has 0 aromatic carbocycles. The summed E-state index contributed by atoms with van der Waals surface area (Å²) >= 11 is 0. The van der Waals surface area contributed by atoms with Gasteiger partial charge in [-0.3, -0.25) is 0 Å². The molecule has 0 fully saturated rings. The van der Waals surface area contributed by atoms with E-state index in [4.69, 9.17) is 0 Å². The van der Waals surface area contributed by atoms with Crippen LogP contribution in [0, 0.1) is 5.92 Å². The molecule has 0 aromatic rings. The Morgan fingerprint density at radius 3 is 2.89 bits per heavy atom. The van der Waals surface area contributed by atoms with Gasteiger partial charge in [0.25, 0.3) is 0 Å². The largest absolute Gasteiger partial charge is 0.0991 e. The lowest BCUT2D eigenvalue weighted by Crippen LogP contribution is -2.02. The summed E-state index contributed by atoms with van der Waals surface area (Å²) in [5.74, 6) is 0.691. The third-order valence-electron chi connectivity index (χ3n) is 3.54. The van der Waals surface area contributed by atoms with E-state index in [9.17, 15) is 0 Å². The maximum Gasteiger partial charge on any atom is -0.0163 e. The van der Waals surface area contributed by atoms with Crippen molar-refractivity contribution in [3.8, 4) is 0 Å². The number of allylic oxidation sites excluding steroid dienone is 9. The van der Waals surface area contributed by atoms with Crippen molar-refractivity contribution in [3.63, 3.8) is 0 Å². The summed E-state index contributed by atoms with van der Waals surface area (Å²) < 4.78 is 0. The monoisotopic (exact) mass is 242 g/mol. The summed E-state index contributed by atoms with van der Waals surface area (Å²) in [6.07, 6.45) is 21.2. The molecule has 0 radical (unpaired) electrons. The minimum absolute atomic E-state index is 0.691. The fourth-order valence-electron chi connectivity index (χ4n) is 2.33. The summed E-state index contributed by atoms with van der Waals surface area (Å²) in [5, 5.41) is 0. The van der Waals surface area contributed by atoms with Crippen molar-refractivity contribution < 1.29 is 0 Å². The van der Waals surface area contributed by atoms with Crippen LogP contribution in [0.2, 0.25) is 0 Å². The van der Waals surface area contributed by atoms with E-state index in [1.807, 2.05) is 12.2 Å². The van der Waals surface area contributed by atoms with Gasteiger partial charge in [-0.1, -0.05) is 67.2 Å². The highest BCUT2D eigenvalue weighted by molar-refractivity contribution is 5.24. The highest BCUT2D eigenvalue weighted by atomic mass is 14.2. The maximum atomic E-state index is 3.68. The van der Waals surface area contributed by atoms with Crippen LogP contribution in [-0.2, 0) is 0 Å². The van der Waals surface area contributed by atoms with Gasteiger partial charge in [0.1, 0.15) is 0 Å². The van der Waals surface area contributed by atoms with Crippen LogP contribution in [0.15, 0.2) is 60.3 Å². The molecule has 0 aromatic heterocycles. The summed E-state index contributed by atoms with van der Waals surface area (Å²) in [6.45, 7) is 8.24. The summed E-state index contributed by atoms with van der Waals surface area (Å²) in [4.78, 5) is 0. The van der Waals surface area contributed by atoms with Gasteiger partial charge < -0.3 is 0 Å². The van der Waals surface area contributed by atoms with E-state index in [0.29, 0.717) is 5.92 Å². The van der Waals surface area contributed by atoms with Gasteiger partial charge in [0, 0.05) is 0 Å². The zero-order chi connectivity index (χ0) is 13.2. The zero-order valence-corrected chi connectivity index (χ0v) is 11.9. The van der Waals surface area contributed by atoms with E-state index in [0.717, 1.165) is 6.42 Å². The first-order valence-electron chi connectivity index (χ1n) is 7.07. The Kier molecular flexibility index (Phi) is 7.17. The normalized spacial score (nSPS) is 17.9. The quantitative estimate of drug-likeness (QED) is 0.393. The van der Waals surface area contributed by atoms with Crippen molar-refractivity contribution >= 4 is 0 Å². The lowest BCUT2D eigenvalue weighted by atomic mass is 9.88. The van der Waals surface area contributed by atoms with Crippen LogP contribution < -0.4 is 0 Å². The average molecular weight is 242 g/mol. The van der Waals surface area contributed by atoms with E-state index in [1.165, 1.54) is 36.8 Å². The lowest BCUT2D eigenvalue weighted by Gasteiger charge is -2.18. The highest BCUT2D eigenvalue weighted by Gasteiger charge is 2.10. The van der Waals surface area contributed by atoms with E-state index in [1.54, 1.807) is 0 Å². The Morgan fingerprint density at radius 2 is 2.28 bits per heavy atom. The molecule has 1 unspecified atom stereocenters. The van der Waals surface area contributed by atoms with Crippen molar-refractivity contribution in [3.05, 3.63) is 60.3 Å². The first kappa shape index (κ1) is 14.8. The van der Waals surface area contributed by atoms with Crippen LogP contribution in [0.1, 0.15) is 46.0 Å². The molecule has 1 atom stereocenters. The lowest BCUT2D eigenvalue weighted by molar-refractivity contribution is 0.586. The minimum atomic E-state index is 0.691. The molecule has 0 aliphatic heterocycles. The van der Waals surface area contributed by atoms with Crippen molar-refractivity contribution in [2.24, 2.45) is 5.92 Å². The predicted molar refractivity (Wildman–Crippen MR) is 82.6 cm³/mol. The molecule has 1 aliphatic carbocycles. The molecule has 18 heavy (non-hydrogen) atoms. The maximum absolute atomic E-state index is 3.68. The summed E-state index contributed by atoms with van der Waals surface area (Å²) in [7, 11) is 0. The minimum Gasteiger partial charge on any atom is -0.0991 e. The van der Waals surface area contributed by atoms with Crippen molar-refractivity contribution in [1.29, 1.82) is 0 Å². The standard InChI is InChI=1S/C18H26/c1-4-6-7-9-12-16(3)18(5-2)15-17-13-10-8-11-14-17/h4,6-7,10,12-14,18H,1,5,8-9,11,15H2,2-3H3/b7-6?,16-12+. The zero-order valence-electron chi connectivity index (χ0n) is 11.9. The van der Waals surface area contributed by atoms with Gasteiger partial charge in [-0.25, -0.2) is 0 Å². The van der Waals surface area contributed by atoms with Crippen molar-refractivity contribution in [2.45, 2.75) is 46.0 Å². The van der Waals surface area contributed by atoms with Crippen LogP contribution >= 0.6 is 0 Å². The van der Waals surface area contributed by atoms with E-state index < -0.39 is 0 Å². The molecule has 0 heterocycles. The molecule has 0 saturated carbocycles. The van der Waals surface area contributed by atoms with Gasteiger partial charge in [0.15, 0.2) is 0 Å². The fourth-order valence-corrected chi connectivity index (χ4v) is 2.33. The Labute approximate surface area is 112 Å². The second-order valence-electron chi connectivity index (χ2n) is 4.92. The van der Waals surface area contributed by atoms with Crippen molar-refractivity contribution in [1.82, 2.24) is 0 Å². The third kappa shape index (κ3) is 5.35. The summed E-state index contributed by atoms with van der Waals surface area (Å²) in [5.41, 5.74) is 3.04. The topological polar surface area (TPSA) is 0 Å². The SMILES string of the molecule is C=CC=CC/C=C(\C)C(CC)CC1=CCCC=C1. The van der Waals surface area contributed by atoms with E-state index >= 15 is 0 Å². The molecule has 1 rings (SSSR count). The van der Waals surface area contributed by atoms with Gasteiger partial charge in [0.2, 0.25) is 0 Å². The molecular weight excluding hydrogens is 216 g/mol. The molecule has 0 bridgehead atoms. The highest BCUT2D eigenvalue weighted by Crippen LogP contribution is 2.26. The van der Waals surface area contributed by atoms with Crippen LogP contribution in [0.5, 0.6) is 0 Å². The van der Waals surface area contributed by atoms with Crippen LogP contribution in [0.4, 0.5) is 0 Å². The summed E-state index contributed by atoms with van der Waals surface area (Å²) in [6, 6.07) is 0. The molecule has 98 valence electrons. The molecule has 0 amide bonds. The van der Waals surface area contributed by atoms with Gasteiger partial charge in [0.05, 0.1) is 0 Å². The fraction of sp³-hybridized carbons (Fsp3) is 0.444. The van der Waals surface area contributed by atoms with Crippen molar-refractivity contribution in [2.75, 3.05) is 0 Å². The van der Waals surface area contributed by atoms with Crippen LogP contribution in [0.3, 0.4) is 0 Å². The van der Waals surface area contributed by atoms with Crippen LogP contribution in [0.25, 0.3) is 0 Å². The second-order valence-corrected chi connectivity index (χ2v) is 4.92. The number of rotatable bonds is 7. The van der Waals surface area contributed by atoms with E-state index in [-0.39, 0.29) is 0 Å². The average Bonchev–Trinajstić information content (AvgIpc) is 2.42.